The van der Waals surface area contributed by atoms with Gasteiger partial charge >= 0.3 is 0 Å². The van der Waals surface area contributed by atoms with Crippen LogP contribution in [-0.4, -0.2) is 36.5 Å². The minimum atomic E-state index is -0.338. The molecule has 114 valence electrons. The van der Waals surface area contributed by atoms with Crippen molar-refractivity contribution in [3.05, 3.63) is 34.1 Å². The zero-order valence-electron chi connectivity index (χ0n) is 11.9. The Morgan fingerprint density at radius 1 is 1.29 bits per heavy atom. The van der Waals surface area contributed by atoms with Crippen LogP contribution in [0.15, 0.2) is 22.7 Å². The number of nitrogens with one attached hydrogen (secondary N) is 1. The first-order valence-corrected chi connectivity index (χ1v) is 8.40. The quantitative estimate of drug-likeness (QED) is 0.900. The van der Waals surface area contributed by atoms with Crippen LogP contribution in [0.5, 0.6) is 0 Å². The number of amides is 1. The molecule has 2 aliphatic rings. The first-order valence-electron chi connectivity index (χ1n) is 7.61. The molecule has 2 fully saturated rings. The third-order valence-electron chi connectivity index (χ3n) is 4.34. The van der Waals surface area contributed by atoms with E-state index >= 15 is 0 Å². The van der Waals surface area contributed by atoms with Gasteiger partial charge < -0.3 is 10.2 Å². The lowest BCUT2D eigenvalue weighted by atomic mass is 10.0. The van der Waals surface area contributed by atoms with E-state index in [9.17, 15) is 9.18 Å². The van der Waals surface area contributed by atoms with Gasteiger partial charge in [-0.2, -0.15) is 0 Å². The molecule has 1 aromatic carbocycles. The SMILES string of the molecule is O=C(c1ccc(F)c(Br)c1)N1CCC(NCC2CC2)CC1. The summed E-state index contributed by atoms with van der Waals surface area (Å²) in [4.78, 5) is 14.3. The van der Waals surface area contributed by atoms with Gasteiger partial charge in [-0.3, -0.25) is 4.79 Å². The van der Waals surface area contributed by atoms with Crippen molar-refractivity contribution in [2.45, 2.75) is 31.7 Å². The van der Waals surface area contributed by atoms with Crippen molar-refractivity contribution in [2.24, 2.45) is 5.92 Å². The highest BCUT2D eigenvalue weighted by Gasteiger charge is 2.26. The normalized spacial score (nSPS) is 19.8. The number of piperidine rings is 1. The minimum absolute atomic E-state index is 0.00339. The largest absolute Gasteiger partial charge is 0.339 e. The van der Waals surface area contributed by atoms with Crippen molar-refractivity contribution in [1.29, 1.82) is 0 Å². The van der Waals surface area contributed by atoms with E-state index < -0.39 is 0 Å². The molecule has 0 aromatic heterocycles. The van der Waals surface area contributed by atoms with Crippen LogP contribution in [0.4, 0.5) is 4.39 Å². The van der Waals surface area contributed by atoms with Crippen LogP contribution in [0.1, 0.15) is 36.0 Å². The molecule has 0 spiro atoms. The molecule has 21 heavy (non-hydrogen) atoms. The second-order valence-electron chi connectivity index (χ2n) is 6.05. The second kappa shape index (κ2) is 6.44. The molecule has 1 heterocycles. The first-order chi connectivity index (χ1) is 10.1. The summed E-state index contributed by atoms with van der Waals surface area (Å²) in [6.45, 7) is 2.68. The van der Waals surface area contributed by atoms with Crippen molar-refractivity contribution < 1.29 is 9.18 Å². The Hall–Kier alpha value is -0.940. The molecule has 1 amide bonds. The zero-order valence-corrected chi connectivity index (χ0v) is 13.5. The number of nitrogens with zero attached hydrogens (tertiary/aromatic N) is 1. The summed E-state index contributed by atoms with van der Waals surface area (Å²) in [6, 6.07) is 4.99. The lowest BCUT2D eigenvalue weighted by molar-refractivity contribution is 0.0705. The van der Waals surface area contributed by atoms with E-state index in [1.165, 1.54) is 18.9 Å². The fraction of sp³-hybridized carbons (Fsp3) is 0.562. The third-order valence-corrected chi connectivity index (χ3v) is 4.95. The molecule has 1 N–H and O–H groups in total. The van der Waals surface area contributed by atoms with Gasteiger partial charge in [0.2, 0.25) is 0 Å². The molecule has 1 aliphatic carbocycles. The van der Waals surface area contributed by atoms with E-state index in [1.54, 1.807) is 12.1 Å². The molecule has 0 unspecified atom stereocenters. The van der Waals surface area contributed by atoms with Gasteiger partial charge in [0, 0.05) is 24.7 Å². The lowest BCUT2D eigenvalue weighted by Gasteiger charge is -2.32. The van der Waals surface area contributed by atoms with Gasteiger partial charge in [0.25, 0.3) is 5.91 Å². The predicted molar refractivity (Wildman–Crippen MR) is 83.8 cm³/mol. The van der Waals surface area contributed by atoms with Gasteiger partial charge in [0.15, 0.2) is 0 Å². The van der Waals surface area contributed by atoms with Gasteiger partial charge in [-0.05, 0) is 72.3 Å². The average molecular weight is 355 g/mol. The van der Waals surface area contributed by atoms with E-state index in [2.05, 4.69) is 21.2 Å². The second-order valence-corrected chi connectivity index (χ2v) is 6.90. The number of likely N-dealkylation sites (tertiary alicyclic amines) is 1. The lowest BCUT2D eigenvalue weighted by Crippen LogP contribution is -2.45. The molecule has 1 saturated heterocycles. The van der Waals surface area contributed by atoms with Crippen LogP contribution >= 0.6 is 15.9 Å². The molecular formula is C16H20BrFN2O. The Morgan fingerprint density at radius 2 is 2.00 bits per heavy atom. The summed E-state index contributed by atoms with van der Waals surface area (Å²) >= 11 is 3.13. The Balaban J connectivity index is 1.52. The smallest absolute Gasteiger partial charge is 0.253 e. The summed E-state index contributed by atoms with van der Waals surface area (Å²) in [7, 11) is 0. The van der Waals surface area contributed by atoms with E-state index in [4.69, 9.17) is 0 Å². The fourth-order valence-corrected chi connectivity index (χ4v) is 3.13. The topological polar surface area (TPSA) is 32.3 Å². The van der Waals surface area contributed by atoms with Gasteiger partial charge in [-0.25, -0.2) is 4.39 Å². The zero-order chi connectivity index (χ0) is 14.8. The molecule has 3 nitrogen and oxygen atoms in total. The maximum Gasteiger partial charge on any atom is 0.253 e. The molecule has 0 radical (unpaired) electrons. The third kappa shape index (κ3) is 3.83. The minimum Gasteiger partial charge on any atom is -0.339 e. The molecule has 0 bridgehead atoms. The van der Waals surface area contributed by atoms with Crippen LogP contribution in [0.2, 0.25) is 0 Å². The molecule has 3 rings (SSSR count). The van der Waals surface area contributed by atoms with Crippen molar-refractivity contribution in [3.63, 3.8) is 0 Å². The number of carbonyl (C=O) groups is 1. The highest BCUT2D eigenvalue weighted by Crippen LogP contribution is 2.28. The number of carbonyl (C=O) groups excluding carboxylic acids is 1. The molecule has 5 heteroatoms. The Labute approximate surface area is 133 Å². The summed E-state index contributed by atoms with van der Waals surface area (Å²) in [5, 5.41) is 3.60. The van der Waals surface area contributed by atoms with Gasteiger partial charge in [-0.15, -0.1) is 0 Å². The van der Waals surface area contributed by atoms with E-state index in [0.29, 0.717) is 16.1 Å². The molecular weight excluding hydrogens is 335 g/mol. The summed E-state index contributed by atoms with van der Waals surface area (Å²) in [5.74, 6) is 0.548. The Kier molecular flexibility index (Phi) is 4.60. The van der Waals surface area contributed by atoms with Crippen molar-refractivity contribution in [3.8, 4) is 0 Å². The highest BCUT2D eigenvalue weighted by molar-refractivity contribution is 9.10. The summed E-state index contributed by atoms with van der Waals surface area (Å²) in [6.07, 6.45) is 4.73. The predicted octanol–water partition coefficient (Wildman–Crippen LogP) is 3.19. The molecule has 1 aliphatic heterocycles. The monoisotopic (exact) mass is 354 g/mol. The number of benzene rings is 1. The van der Waals surface area contributed by atoms with Gasteiger partial charge in [0.05, 0.1) is 4.47 Å². The molecule has 0 atom stereocenters. The average Bonchev–Trinajstić information content (AvgIpc) is 3.32. The molecule has 1 saturated carbocycles. The standard InChI is InChI=1S/C16H20BrFN2O/c17-14-9-12(3-4-15(14)18)16(21)20-7-5-13(6-8-20)19-10-11-1-2-11/h3-4,9,11,13,19H,1-2,5-8,10H2. The van der Waals surface area contributed by atoms with Crippen LogP contribution in [0.3, 0.4) is 0 Å². The highest BCUT2D eigenvalue weighted by atomic mass is 79.9. The van der Waals surface area contributed by atoms with Gasteiger partial charge in [-0.1, -0.05) is 0 Å². The maximum atomic E-state index is 13.2. The fourth-order valence-electron chi connectivity index (χ4n) is 2.75. The van der Waals surface area contributed by atoms with Crippen molar-refractivity contribution >= 4 is 21.8 Å². The number of halogens is 2. The summed E-state index contributed by atoms with van der Waals surface area (Å²) in [5.41, 5.74) is 0.549. The Bertz CT molecular complexity index is 525. The Morgan fingerprint density at radius 3 is 2.62 bits per heavy atom. The summed E-state index contributed by atoms with van der Waals surface area (Å²) < 4.78 is 13.6. The number of hydrogen-bond donors (Lipinski definition) is 1. The van der Waals surface area contributed by atoms with E-state index in [1.807, 2.05) is 4.90 Å². The molecule has 1 aromatic rings. The number of hydrogen-bond acceptors (Lipinski definition) is 2. The van der Waals surface area contributed by atoms with Crippen LogP contribution in [0.25, 0.3) is 0 Å². The van der Waals surface area contributed by atoms with Crippen molar-refractivity contribution in [2.75, 3.05) is 19.6 Å². The van der Waals surface area contributed by atoms with Crippen LogP contribution < -0.4 is 5.32 Å². The number of rotatable bonds is 4. The van der Waals surface area contributed by atoms with Crippen molar-refractivity contribution in [1.82, 2.24) is 10.2 Å². The van der Waals surface area contributed by atoms with Gasteiger partial charge in [0.1, 0.15) is 5.82 Å². The van der Waals surface area contributed by atoms with Crippen LogP contribution in [0, 0.1) is 11.7 Å². The van der Waals surface area contributed by atoms with Crippen LogP contribution in [-0.2, 0) is 0 Å². The van der Waals surface area contributed by atoms with E-state index in [0.717, 1.165) is 38.4 Å². The maximum absolute atomic E-state index is 13.2. The first kappa shape index (κ1) is 15.0. The van der Waals surface area contributed by atoms with E-state index in [-0.39, 0.29) is 11.7 Å².